The van der Waals surface area contributed by atoms with Crippen molar-refractivity contribution in [3.05, 3.63) is 29.6 Å². The molecule has 1 saturated carbocycles. The third kappa shape index (κ3) is 5.32. The highest BCUT2D eigenvalue weighted by atomic mass is 16.5. The molecule has 110 valence electrons. The van der Waals surface area contributed by atoms with Crippen molar-refractivity contribution in [3.63, 3.8) is 0 Å². The standard InChI is InChI=1S/C17H25NO2/c1-14-7-5-10-16(18-14)11-6-12-20-17(19)13-15-8-3-2-4-9-15/h5,7,10,15H,2-4,6,8-9,11-13H2,1H3. The van der Waals surface area contributed by atoms with Crippen LogP contribution in [0.1, 0.15) is 56.3 Å². The van der Waals surface area contributed by atoms with E-state index in [9.17, 15) is 4.79 Å². The lowest BCUT2D eigenvalue weighted by Gasteiger charge is -2.20. The molecule has 2 rings (SSSR count). The Labute approximate surface area is 121 Å². The van der Waals surface area contributed by atoms with E-state index in [2.05, 4.69) is 4.98 Å². The van der Waals surface area contributed by atoms with Crippen LogP contribution in [-0.2, 0) is 16.0 Å². The summed E-state index contributed by atoms with van der Waals surface area (Å²) in [7, 11) is 0. The van der Waals surface area contributed by atoms with Crippen molar-refractivity contribution in [2.24, 2.45) is 5.92 Å². The molecule has 0 spiro atoms. The van der Waals surface area contributed by atoms with E-state index in [1.54, 1.807) is 0 Å². The van der Waals surface area contributed by atoms with Crippen molar-refractivity contribution in [2.75, 3.05) is 6.61 Å². The van der Waals surface area contributed by atoms with Gasteiger partial charge in [0.05, 0.1) is 6.61 Å². The summed E-state index contributed by atoms with van der Waals surface area (Å²) in [5.74, 6) is 0.545. The number of carbonyl (C=O) groups excluding carboxylic acids is 1. The molecule has 0 saturated heterocycles. The second-order valence-electron chi connectivity index (χ2n) is 5.80. The highest BCUT2D eigenvalue weighted by molar-refractivity contribution is 5.69. The van der Waals surface area contributed by atoms with Gasteiger partial charge in [-0.1, -0.05) is 25.3 Å². The fourth-order valence-electron chi connectivity index (χ4n) is 2.86. The Morgan fingerprint density at radius 3 is 2.85 bits per heavy atom. The molecule has 0 atom stereocenters. The first kappa shape index (κ1) is 15.0. The number of hydrogen-bond donors (Lipinski definition) is 0. The van der Waals surface area contributed by atoms with Gasteiger partial charge in [-0.05, 0) is 50.7 Å². The lowest BCUT2D eigenvalue weighted by atomic mass is 9.87. The third-order valence-electron chi connectivity index (χ3n) is 3.97. The monoisotopic (exact) mass is 275 g/mol. The molecule has 1 aliphatic rings. The average Bonchev–Trinajstić information content (AvgIpc) is 2.45. The number of esters is 1. The number of pyridine rings is 1. The molecule has 1 fully saturated rings. The van der Waals surface area contributed by atoms with E-state index < -0.39 is 0 Å². The fraction of sp³-hybridized carbons (Fsp3) is 0.647. The van der Waals surface area contributed by atoms with E-state index in [-0.39, 0.29) is 5.97 Å². The maximum Gasteiger partial charge on any atom is 0.306 e. The van der Waals surface area contributed by atoms with E-state index in [1.165, 1.54) is 32.1 Å². The van der Waals surface area contributed by atoms with Gasteiger partial charge in [0.1, 0.15) is 0 Å². The zero-order valence-electron chi connectivity index (χ0n) is 12.4. The summed E-state index contributed by atoms with van der Waals surface area (Å²) in [6, 6.07) is 6.04. The van der Waals surface area contributed by atoms with Crippen molar-refractivity contribution in [3.8, 4) is 0 Å². The van der Waals surface area contributed by atoms with Crippen molar-refractivity contribution in [1.82, 2.24) is 4.98 Å². The molecule has 0 aromatic carbocycles. The maximum absolute atomic E-state index is 11.7. The molecule has 0 aliphatic heterocycles. The van der Waals surface area contributed by atoms with Crippen LogP contribution in [0.3, 0.4) is 0 Å². The molecule has 1 aromatic heterocycles. The van der Waals surface area contributed by atoms with Crippen LogP contribution in [0.5, 0.6) is 0 Å². The topological polar surface area (TPSA) is 39.2 Å². The van der Waals surface area contributed by atoms with Crippen molar-refractivity contribution < 1.29 is 9.53 Å². The molecule has 20 heavy (non-hydrogen) atoms. The summed E-state index contributed by atoms with van der Waals surface area (Å²) in [6.07, 6.45) is 8.61. The fourth-order valence-corrected chi connectivity index (χ4v) is 2.86. The van der Waals surface area contributed by atoms with Gasteiger partial charge in [-0.15, -0.1) is 0 Å². The van der Waals surface area contributed by atoms with Crippen LogP contribution in [0.2, 0.25) is 0 Å². The van der Waals surface area contributed by atoms with E-state index in [0.29, 0.717) is 18.9 Å². The zero-order valence-corrected chi connectivity index (χ0v) is 12.4. The van der Waals surface area contributed by atoms with Gasteiger partial charge in [-0.3, -0.25) is 9.78 Å². The van der Waals surface area contributed by atoms with Gasteiger partial charge >= 0.3 is 5.97 Å². The van der Waals surface area contributed by atoms with Gasteiger partial charge < -0.3 is 4.74 Å². The van der Waals surface area contributed by atoms with Crippen LogP contribution in [0.25, 0.3) is 0 Å². The van der Waals surface area contributed by atoms with E-state index in [0.717, 1.165) is 24.2 Å². The largest absolute Gasteiger partial charge is 0.466 e. The summed E-state index contributed by atoms with van der Waals surface area (Å²) in [6.45, 7) is 2.51. The molecule has 1 aliphatic carbocycles. The summed E-state index contributed by atoms with van der Waals surface area (Å²) < 4.78 is 5.33. The minimum atomic E-state index is -0.0194. The quantitative estimate of drug-likeness (QED) is 0.585. The Balaban J connectivity index is 1.59. The number of rotatable bonds is 6. The van der Waals surface area contributed by atoms with Crippen molar-refractivity contribution in [1.29, 1.82) is 0 Å². The first-order valence-electron chi connectivity index (χ1n) is 7.82. The van der Waals surface area contributed by atoms with Crippen molar-refractivity contribution >= 4 is 5.97 Å². The predicted molar refractivity (Wildman–Crippen MR) is 79.4 cm³/mol. The molecule has 0 bridgehead atoms. The summed E-state index contributed by atoms with van der Waals surface area (Å²) in [5.41, 5.74) is 2.12. The molecule has 0 N–H and O–H groups in total. The Morgan fingerprint density at radius 1 is 1.30 bits per heavy atom. The highest BCUT2D eigenvalue weighted by Gasteiger charge is 2.17. The lowest BCUT2D eigenvalue weighted by molar-refractivity contribution is -0.145. The minimum absolute atomic E-state index is 0.0194. The highest BCUT2D eigenvalue weighted by Crippen LogP contribution is 2.26. The molecular weight excluding hydrogens is 250 g/mol. The number of ether oxygens (including phenoxy) is 1. The van der Waals surface area contributed by atoms with Gasteiger partial charge in [-0.25, -0.2) is 0 Å². The van der Waals surface area contributed by atoms with Crippen LogP contribution in [0.4, 0.5) is 0 Å². The number of hydrogen-bond acceptors (Lipinski definition) is 3. The van der Waals surface area contributed by atoms with E-state index in [1.807, 2.05) is 25.1 Å². The molecule has 3 nitrogen and oxygen atoms in total. The average molecular weight is 275 g/mol. The third-order valence-corrected chi connectivity index (χ3v) is 3.97. The Kier molecular flexibility index (Phi) is 6.03. The summed E-state index contributed by atoms with van der Waals surface area (Å²) in [5, 5.41) is 0. The molecule has 0 unspecified atom stereocenters. The zero-order chi connectivity index (χ0) is 14.2. The van der Waals surface area contributed by atoms with E-state index in [4.69, 9.17) is 4.74 Å². The minimum Gasteiger partial charge on any atom is -0.466 e. The van der Waals surface area contributed by atoms with Gasteiger partial charge in [0.25, 0.3) is 0 Å². The molecule has 0 amide bonds. The SMILES string of the molecule is Cc1cccc(CCCOC(=O)CC2CCCCC2)n1. The molecule has 1 heterocycles. The first-order chi connectivity index (χ1) is 9.74. The number of nitrogens with zero attached hydrogens (tertiary/aromatic N) is 1. The predicted octanol–water partition coefficient (Wildman–Crippen LogP) is 3.84. The molecular formula is C17H25NO2. The van der Waals surface area contributed by atoms with Gasteiger partial charge in [0.15, 0.2) is 0 Å². The smallest absolute Gasteiger partial charge is 0.306 e. The Bertz CT molecular complexity index is 425. The van der Waals surface area contributed by atoms with Crippen LogP contribution < -0.4 is 0 Å². The first-order valence-corrected chi connectivity index (χ1v) is 7.82. The summed E-state index contributed by atoms with van der Waals surface area (Å²) >= 11 is 0. The summed E-state index contributed by atoms with van der Waals surface area (Å²) in [4.78, 5) is 16.2. The van der Waals surface area contributed by atoms with Crippen LogP contribution >= 0.6 is 0 Å². The van der Waals surface area contributed by atoms with Crippen LogP contribution in [0.15, 0.2) is 18.2 Å². The second-order valence-corrected chi connectivity index (χ2v) is 5.80. The van der Waals surface area contributed by atoms with Gasteiger partial charge in [-0.2, -0.15) is 0 Å². The molecule has 3 heteroatoms. The van der Waals surface area contributed by atoms with Gasteiger partial charge in [0, 0.05) is 17.8 Å². The number of aromatic nitrogens is 1. The number of aryl methyl sites for hydroxylation is 2. The van der Waals surface area contributed by atoms with Gasteiger partial charge in [0.2, 0.25) is 0 Å². The Morgan fingerprint density at radius 2 is 2.10 bits per heavy atom. The lowest BCUT2D eigenvalue weighted by Crippen LogP contribution is -2.15. The number of carbonyl (C=O) groups is 1. The molecule has 1 aromatic rings. The van der Waals surface area contributed by atoms with E-state index >= 15 is 0 Å². The Hall–Kier alpha value is -1.38. The molecule has 0 radical (unpaired) electrons. The van der Waals surface area contributed by atoms with Crippen LogP contribution in [-0.4, -0.2) is 17.6 Å². The maximum atomic E-state index is 11.7. The van der Waals surface area contributed by atoms with Crippen molar-refractivity contribution in [2.45, 2.75) is 58.3 Å². The normalized spacial score (nSPS) is 16.1. The van der Waals surface area contributed by atoms with Crippen LogP contribution in [0, 0.1) is 12.8 Å². The second kappa shape index (κ2) is 8.03.